The van der Waals surface area contributed by atoms with Crippen molar-refractivity contribution in [2.45, 2.75) is 38.5 Å². The Morgan fingerprint density at radius 3 is 2.10 bits per heavy atom. The Hall–Kier alpha value is -3.50. The molecule has 10 heteroatoms. The minimum Gasteiger partial charge on any atom is -0.494 e. The minimum absolute atomic E-state index is 0.0871. The van der Waals surface area contributed by atoms with Gasteiger partial charge in [0, 0.05) is 37.3 Å². The molecular formula is C30H39N5O4S. The predicted molar refractivity (Wildman–Crippen MR) is 160 cm³/mol. The van der Waals surface area contributed by atoms with Crippen LogP contribution in [0, 0.1) is 0 Å². The first-order valence-corrected chi connectivity index (χ1v) is 15.1. The number of ether oxygens (including phenoxy) is 3. The van der Waals surface area contributed by atoms with Gasteiger partial charge in [-0.15, -0.1) is 0 Å². The van der Waals surface area contributed by atoms with E-state index >= 15 is 0 Å². The summed E-state index contributed by atoms with van der Waals surface area (Å²) in [5.41, 5.74) is 8.44. The molecule has 0 aliphatic carbocycles. The normalized spacial score (nSPS) is 16.2. The molecule has 3 aromatic rings. The Bertz CT molecular complexity index is 1220. The maximum absolute atomic E-state index is 8.74. The molecule has 0 atom stereocenters. The zero-order valence-electron chi connectivity index (χ0n) is 23.0. The molecule has 2 fully saturated rings. The van der Waals surface area contributed by atoms with Gasteiger partial charge in [0.2, 0.25) is 0 Å². The number of unbranched alkanes of at least 4 members (excludes halogenated alkanes) is 2. The fraction of sp³-hybridized carbons (Fsp3) is 0.467. The molecule has 0 spiro atoms. The Kier molecular flexibility index (Phi) is 9.97. The number of aromatic nitrogens is 1. The second-order valence-electron chi connectivity index (χ2n) is 10.1. The average Bonchev–Trinajstić information content (AvgIpc) is 3.47. The van der Waals surface area contributed by atoms with Crippen LogP contribution in [0.15, 0.2) is 53.7 Å². The summed E-state index contributed by atoms with van der Waals surface area (Å²) < 4.78 is 17.4. The SMILES string of the molecule is N/C(=N/O)c1ccc(OCCCCCOc2ccc(-c3nc(N4CCCCC4)sc3N3CCOCC3)cc2)cc1. The van der Waals surface area contributed by atoms with Gasteiger partial charge in [0.1, 0.15) is 22.2 Å². The molecule has 2 aromatic carbocycles. The summed E-state index contributed by atoms with van der Waals surface area (Å²) in [6, 6.07) is 15.6. The predicted octanol–water partition coefficient (Wildman–Crippen LogP) is 5.36. The van der Waals surface area contributed by atoms with Gasteiger partial charge >= 0.3 is 0 Å². The van der Waals surface area contributed by atoms with E-state index in [4.69, 9.17) is 30.1 Å². The summed E-state index contributed by atoms with van der Waals surface area (Å²) >= 11 is 1.82. The van der Waals surface area contributed by atoms with Gasteiger partial charge in [-0.25, -0.2) is 4.98 Å². The number of oxime groups is 1. The third kappa shape index (κ3) is 7.37. The highest BCUT2D eigenvalue weighted by molar-refractivity contribution is 7.20. The highest BCUT2D eigenvalue weighted by atomic mass is 32.1. The van der Waals surface area contributed by atoms with E-state index in [1.165, 1.54) is 24.3 Å². The summed E-state index contributed by atoms with van der Waals surface area (Å²) in [6.45, 7) is 6.83. The number of hydrogen-bond donors (Lipinski definition) is 2. The molecule has 0 bridgehead atoms. The Morgan fingerprint density at radius 1 is 0.850 bits per heavy atom. The quantitative estimate of drug-likeness (QED) is 0.0994. The van der Waals surface area contributed by atoms with Crippen molar-refractivity contribution in [2.24, 2.45) is 10.9 Å². The molecule has 0 amide bonds. The van der Waals surface area contributed by atoms with Gasteiger partial charge in [-0.3, -0.25) is 0 Å². The third-order valence-electron chi connectivity index (χ3n) is 7.23. The maximum Gasteiger partial charge on any atom is 0.187 e. The topological polar surface area (TPSA) is 106 Å². The number of benzene rings is 2. The number of rotatable bonds is 12. The van der Waals surface area contributed by atoms with Crippen LogP contribution in [0.5, 0.6) is 11.5 Å². The zero-order chi connectivity index (χ0) is 27.6. The second-order valence-corrected chi connectivity index (χ2v) is 11.0. The summed E-state index contributed by atoms with van der Waals surface area (Å²) in [4.78, 5) is 10.0. The van der Waals surface area contributed by atoms with Crippen molar-refractivity contribution in [3.63, 3.8) is 0 Å². The van der Waals surface area contributed by atoms with Crippen molar-refractivity contribution in [1.29, 1.82) is 0 Å². The first kappa shape index (κ1) is 28.0. The fourth-order valence-electron chi connectivity index (χ4n) is 4.94. The third-order valence-corrected chi connectivity index (χ3v) is 8.41. The molecule has 0 unspecified atom stereocenters. The van der Waals surface area contributed by atoms with Crippen molar-refractivity contribution >= 4 is 27.3 Å². The average molecular weight is 566 g/mol. The van der Waals surface area contributed by atoms with Crippen molar-refractivity contribution in [1.82, 2.24) is 4.98 Å². The molecule has 40 heavy (non-hydrogen) atoms. The van der Waals surface area contributed by atoms with Gasteiger partial charge in [-0.05, 0) is 87.1 Å². The van der Waals surface area contributed by atoms with Crippen molar-refractivity contribution in [2.75, 3.05) is 62.4 Å². The number of nitrogens with two attached hydrogens (primary N) is 1. The molecule has 3 N–H and O–H groups in total. The van der Waals surface area contributed by atoms with Gasteiger partial charge in [-0.2, -0.15) is 0 Å². The monoisotopic (exact) mass is 565 g/mol. The van der Waals surface area contributed by atoms with E-state index in [2.05, 4.69) is 39.2 Å². The van der Waals surface area contributed by atoms with Crippen LogP contribution in [0.2, 0.25) is 0 Å². The lowest BCUT2D eigenvalue weighted by Crippen LogP contribution is -2.36. The Labute approximate surface area is 240 Å². The lowest BCUT2D eigenvalue weighted by atomic mass is 10.1. The first-order valence-electron chi connectivity index (χ1n) is 14.2. The molecular weight excluding hydrogens is 526 g/mol. The summed E-state index contributed by atoms with van der Waals surface area (Å²) in [6.07, 6.45) is 6.72. The fourth-order valence-corrected chi connectivity index (χ4v) is 6.13. The second kappa shape index (κ2) is 14.2. The molecule has 2 saturated heterocycles. The van der Waals surface area contributed by atoms with Crippen LogP contribution >= 0.6 is 11.3 Å². The number of thiazole rings is 1. The van der Waals surface area contributed by atoms with Gasteiger partial charge < -0.3 is 35.0 Å². The van der Waals surface area contributed by atoms with Crippen LogP contribution in [0.4, 0.5) is 10.1 Å². The van der Waals surface area contributed by atoms with E-state index in [0.717, 1.165) is 86.5 Å². The number of morpholine rings is 1. The summed E-state index contributed by atoms with van der Waals surface area (Å²) in [7, 11) is 0. The van der Waals surface area contributed by atoms with Crippen LogP contribution in [-0.2, 0) is 4.74 Å². The lowest BCUT2D eigenvalue weighted by molar-refractivity contribution is 0.123. The molecule has 9 nitrogen and oxygen atoms in total. The smallest absolute Gasteiger partial charge is 0.187 e. The molecule has 3 heterocycles. The standard InChI is InChI=1S/C30H39N5O4S/c31-28(33-36)24-9-13-26(14-10-24)39-20-6-2-5-19-38-25-11-7-23(8-12-25)27-29(34-17-21-37-22-18-34)40-30(32-27)35-15-3-1-4-16-35/h7-14,36H,1-6,15-22H2,(H2,31,33). The molecule has 214 valence electrons. The zero-order valence-corrected chi connectivity index (χ0v) is 23.8. The number of amidine groups is 1. The van der Waals surface area contributed by atoms with E-state index in [1.807, 2.05) is 23.5 Å². The highest BCUT2D eigenvalue weighted by Gasteiger charge is 2.24. The summed E-state index contributed by atoms with van der Waals surface area (Å²) in [5.74, 6) is 1.74. The van der Waals surface area contributed by atoms with E-state index in [-0.39, 0.29) is 5.84 Å². The summed E-state index contributed by atoms with van der Waals surface area (Å²) in [5, 5.41) is 14.1. The Morgan fingerprint density at radius 2 is 1.48 bits per heavy atom. The van der Waals surface area contributed by atoms with Crippen molar-refractivity contribution in [3.05, 3.63) is 54.1 Å². The van der Waals surface area contributed by atoms with Gasteiger partial charge in [0.05, 0.1) is 26.4 Å². The van der Waals surface area contributed by atoms with E-state index in [9.17, 15) is 0 Å². The van der Waals surface area contributed by atoms with Crippen LogP contribution < -0.4 is 25.0 Å². The number of hydrogen-bond acceptors (Lipinski definition) is 9. The van der Waals surface area contributed by atoms with Gasteiger partial charge in [0.15, 0.2) is 11.0 Å². The van der Waals surface area contributed by atoms with Crippen LogP contribution in [-0.4, -0.2) is 68.6 Å². The lowest BCUT2D eigenvalue weighted by Gasteiger charge is -2.28. The van der Waals surface area contributed by atoms with Crippen LogP contribution in [0.3, 0.4) is 0 Å². The van der Waals surface area contributed by atoms with Gasteiger partial charge in [0.25, 0.3) is 0 Å². The molecule has 1 aromatic heterocycles. The van der Waals surface area contributed by atoms with Crippen LogP contribution in [0.25, 0.3) is 11.3 Å². The molecule has 2 aliphatic rings. The van der Waals surface area contributed by atoms with Crippen molar-refractivity contribution in [3.8, 4) is 22.8 Å². The largest absolute Gasteiger partial charge is 0.494 e. The highest BCUT2D eigenvalue weighted by Crippen LogP contribution is 2.41. The van der Waals surface area contributed by atoms with Crippen molar-refractivity contribution < 1.29 is 19.4 Å². The van der Waals surface area contributed by atoms with Crippen LogP contribution in [0.1, 0.15) is 44.1 Å². The first-order chi connectivity index (χ1) is 19.7. The minimum atomic E-state index is 0.0871. The number of piperidine rings is 1. The number of nitrogens with zero attached hydrogens (tertiary/aromatic N) is 4. The maximum atomic E-state index is 8.74. The molecule has 5 rings (SSSR count). The molecule has 0 radical (unpaired) electrons. The molecule has 0 saturated carbocycles. The van der Waals surface area contributed by atoms with Gasteiger partial charge in [-0.1, -0.05) is 16.5 Å². The van der Waals surface area contributed by atoms with E-state index < -0.39 is 0 Å². The molecule has 2 aliphatic heterocycles. The van der Waals surface area contributed by atoms with E-state index in [0.29, 0.717) is 18.8 Å². The number of anilines is 2. The van der Waals surface area contributed by atoms with E-state index in [1.54, 1.807) is 12.1 Å². The Balaban J connectivity index is 1.09.